The summed E-state index contributed by atoms with van der Waals surface area (Å²) in [6.07, 6.45) is 50.3. The first-order chi connectivity index (χ1) is 27.5. The Morgan fingerprint density at radius 1 is 0.614 bits per heavy atom. The molecule has 0 bridgehead atoms. The summed E-state index contributed by atoms with van der Waals surface area (Å²) < 4.78 is 23.1. The fourth-order valence-electron chi connectivity index (χ4n) is 6.49. The zero-order valence-corrected chi connectivity index (χ0v) is 38.7. The van der Waals surface area contributed by atoms with E-state index in [1.54, 1.807) is 6.08 Å². The standard InChI is InChI=1S/C48H91N2O6P/c1-6-8-10-12-14-16-18-19-20-21-22-23-24-25-26-27-28-29-30-31-32-34-36-38-40-42-48(52)49-46(45-56-57(53,54)55-44-43-50(3,4)5)47(51)41-39-37-35-33-17-15-13-11-9-7-2/h17-19,21-22,33,39,41,46-47,51H,6-16,20,23-32,34-38,40,42-45H2,1-5H3,(H-,49,52,53,54)/b19-18-,22-21-,33-17+,41-39+. The van der Waals surface area contributed by atoms with E-state index >= 15 is 0 Å². The molecular formula is C48H91N2O6P. The number of likely N-dealkylation sites (N-methyl/N-ethyl adjacent to an activating group) is 1. The van der Waals surface area contributed by atoms with E-state index in [1.807, 2.05) is 27.2 Å². The average molecular weight is 823 g/mol. The van der Waals surface area contributed by atoms with Crippen molar-refractivity contribution in [1.29, 1.82) is 0 Å². The van der Waals surface area contributed by atoms with Gasteiger partial charge in [-0.05, 0) is 64.2 Å². The van der Waals surface area contributed by atoms with Crippen LogP contribution in [0.5, 0.6) is 0 Å². The minimum Gasteiger partial charge on any atom is -0.756 e. The van der Waals surface area contributed by atoms with Gasteiger partial charge in [-0.2, -0.15) is 0 Å². The Balaban J connectivity index is 4.20. The lowest BCUT2D eigenvalue weighted by molar-refractivity contribution is -0.870. The Hall–Kier alpha value is -1.54. The van der Waals surface area contributed by atoms with Crippen LogP contribution >= 0.6 is 7.82 Å². The predicted octanol–water partition coefficient (Wildman–Crippen LogP) is 12.6. The Labute approximate surface area is 352 Å². The number of allylic oxidation sites excluding steroid dienone is 7. The molecule has 1 amide bonds. The monoisotopic (exact) mass is 823 g/mol. The number of rotatable bonds is 42. The normalized spacial score (nSPS) is 14.7. The number of aliphatic hydroxyl groups is 1. The van der Waals surface area contributed by atoms with Crippen LogP contribution in [0.25, 0.3) is 0 Å². The number of amides is 1. The van der Waals surface area contributed by atoms with Crippen LogP contribution in [-0.2, 0) is 18.4 Å². The maximum absolute atomic E-state index is 12.8. The number of carbonyl (C=O) groups is 1. The average Bonchev–Trinajstić information content (AvgIpc) is 3.16. The maximum atomic E-state index is 12.8. The molecule has 0 aromatic heterocycles. The second kappa shape index (κ2) is 39.9. The fraction of sp³-hybridized carbons (Fsp3) is 0.812. The van der Waals surface area contributed by atoms with Gasteiger partial charge >= 0.3 is 0 Å². The van der Waals surface area contributed by atoms with Crippen molar-refractivity contribution in [2.75, 3.05) is 40.9 Å². The summed E-state index contributed by atoms with van der Waals surface area (Å²) in [5.74, 6) is -0.211. The number of aliphatic hydroxyl groups excluding tert-OH is 1. The van der Waals surface area contributed by atoms with Crippen molar-refractivity contribution >= 4 is 13.7 Å². The highest BCUT2D eigenvalue weighted by Gasteiger charge is 2.23. The summed E-state index contributed by atoms with van der Waals surface area (Å²) in [6, 6.07) is -0.902. The third-order valence-corrected chi connectivity index (χ3v) is 11.2. The first kappa shape index (κ1) is 55.5. The molecule has 0 heterocycles. The highest BCUT2D eigenvalue weighted by Crippen LogP contribution is 2.38. The van der Waals surface area contributed by atoms with E-state index in [0.29, 0.717) is 17.4 Å². The molecule has 8 nitrogen and oxygen atoms in total. The first-order valence-corrected chi connectivity index (χ1v) is 25.0. The smallest absolute Gasteiger partial charge is 0.268 e. The molecule has 0 spiro atoms. The van der Waals surface area contributed by atoms with Crippen LogP contribution in [0.3, 0.4) is 0 Å². The van der Waals surface area contributed by atoms with Crippen molar-refractivity contribution in [2.24, 2.45) is 0 Å². The molecule has 57 heavy (non-hydrogen) atoms. The van der Waals surface area contributed by atoms with Crippen LogP contribution in [0.4, 0.5) is 0 Å². The highest BCUT2D eigenvalue weighted by atomic mass is 31.2. The Bertz CT molecular complexity index is 1070. The molecule has 0 aliphatic rings. The number of hydrogen-bond acceptors (Lipinski definition) is 6. The van der Waals surface area contributed by atoms with Gasteiger partial charge in [-0.25, -0.2) is 0 Å². The molecule has 0 aromatic rings. The number of unbranched alkanes of at least 4 members (excludes halogenated alkanes) is 23. The van der Waals surface area contributed by atoms with Gasteiger partial charge in [-0.15, -0.1) is 0 Å². The predicted molar refractivity (Wildman–Crippen MR) is 242 cm³/mol. The summed E-state index contributed by atoms with van der Waals surface area (Å²) in [5, 5.41) is 13.7. The molecule has 2 N–H and O–H groups in total. The molecule has 3 atom stereocenters. The molecule has 0 fully saturated rings. The summed E-state index contributed by atoms with van der Waals surface area (Å²) in [6.45, 7) is 4.57. The van der Waals surface area contributed by atoms with Crippen molar-refractivity contribution in [2.45, 2.75) is 212 Å². The first-order valence-electron chi connectivity index (χ1n) is 23.5. The van der Waals surface area contributed by atoms with Gasteiger partial charge in [0.1, 0.15) is 13.2 Å². The number of phosphoric acid groups is 1. The van der Waals surface area contributed by atoms with Crippen LogP contribution < -0.4 is 10.2 Å². The maximum Gasteiger partial charge on any atom is 0.268 e. The van der Waals surface area contributed by atoms with Crippen molar-refractivity contribution in [3.05, 3.63) is 48.6 Å². The SMILES string of the molecule is CCCCCC/C=C/CC/C=C/C(O)C(COP(=O)([O-])OCC[N+](C)(C)C)NC(=O)CCCCCCCCCCCCCCC/C=C\C/C=C\CCCCCCC. The van der Waals surface area contributed by atoms with Crippen LogP contribution in [0.2, 0.25) is 0 Å². The minimum atomic E-state index is -4.59. The number of quaternary nitrogens is 1. The van der Waals surface area contributed by atoms with E-state index in [1.165, 1.54) is 135 Å². The Morgan fingerprint density at radius 2 is 1.04 bits per heavy atom. The molecule has 9 heteroatoms. The van der Waals surface area contributed by atoms with Gasteiger partial charge in [0.05, 0.1) is 39.9 Å². The molecular weight excluding hydrogens is 732 g/mol. The van der Waals surface area contributed by atoms with Crippen molar-refractivity contribution in [1.82, 2.24) is 5.32 Å². The van der Waals surface area contributed by atoms with Crippen LogP contribution in [-0.4, -0.2) is 68.5 Å². The number of nitrogens with one attached hydrogen (secondary N) is 1. The second-order valence-electron chi connectivity index (χ2n) is 17.1. The van der Waals surface area contributed by atoms with Gasteiger partial charge < -0.3 is 28.8 Å². The minimum absolute atomic E-state index is 0.00749. The molecule has 334 valence electrons. The van der Waals surface area contributed by atoms with Gasteiger partial charge in [0, 0.05) is 6.42 Å². The quantitative estimate of drug-likeness (QED) is 0.0275. The summed E-state index contributed by atoms with van der Waals surface area (Å²) in [7, 11) is 1.24. The molecule has 0 aromatic carbocycles. The molecule has 0 rings (SSSR count). The molecule has 0 radical (unpaired) electrons. The number of carbonyl (C=O) groups excluding carboxylic acids is 1. The van der Waals surface area contributed by atoms with E-state index in [0.717, 1.165) is 44.9 Å². The number of nitrogens with zero attached hydrogens (tertiary/aromatic N) is 1. The van der Waals surface area contributed by atoms with E-state index in [2.05, 4.69) is 55.6 Å². The van der Waals surface area contributed by atoms with E-state index in [-0.39, 0.29) is 12.5 Å². The fourth-order valence-corrected chi connectivity index (χ4v) is 7.21. The van der Waals surface area contributed by atoms with Gasteiger partial charge in [-0.1, -0.05) is 178 Å². The van der Waals surface area contributed by atoms with Crippen LogP contribution in [0.1, 0.15) is 200 Å². The zero-order valence-electron chi connectivity index (χ0n) is 37.8. The third-order valence-electron chi connectivity index (χ3n) is 10.3. The Morgan fingerprint density at radius 3 is 1.54 bits per heavy atom. The van der Waals surface area contributed by atoms with Gasteiger partial charge in [0.25, 0.3) is 7.82 Å². The van der Waals surface area contributed by atoms with Crippen LogP contribution in [0, 0.1) is 0 Å². The number of hydrogen-bond donors (Lipinski definition) is 2. The highest BCUT2D eigenvalue weighted by molar-refractivity contribution is 7.45. The van der Waals surface area contributed by atoms with Crippen molar-refractivity contribution in [3.8, 4) is 0 Å². The van der Waals surface area contributed by atoms with E-state index in [9.17, 15) is 19.4 Å². The molecule has 0 saturated carbocycles. The molecule has 0 aliphatic carbocycles. The summed E-state index contributed by atoms with van der Waals surface area (Å²) >= 11 is 0. The lowest BCUT2D eigenvalue weighted by atomic mass is 10.0. The van der Waals surface area contributed by atoms with Crippen LogP contribution in [0.15, 0.2) is 48.6 Å². The third kappa shape index (κ3) is 42.4. The molecule has 0 aliphatic heterocycles. The van der Waals surface area contributed by atoms with E-state index < -0.39 is 26.6 Å². The zero-order chi connectivity index (χ0) is 42.1. The lowest BCUT2D eigenvalue weighted by Crippen LogP contribution is -2.45. The van der Waals surface area contributed by atoms with Crippen molar-refractivity contribution < 1.29 is 32.9 Å². The van der Waals surface area contributed by atoms with Gasteiger partial charge in [-0.3, -0.25) is 9.36 Å². The second-order valence-corrected chi connectivity index (χ2v) is 18.5. The van der Waals surface area contributed by atoms with E-state index in [4.69, 9.17) is 9.05 Å². The molecule has 0 saturated heterocycles. The molecule has 3 unspecified atom stereocenters. The van der Waals surface area contributed by atoms with Crippen molar-refractivity contribution in [3.63, 3.8) is 0 Å². The largest absolute Gasteiger partial charge is 0.756 e. The topological polar surface area (TPSA) is 108 Å². The van der Waals surface area contributed by atoms with Gasteiger partial charge in [0.15, 0.2) is 0 Å². The summed E-state index contributed by atoms with van der Waals surface area (Å²) in [5.41, 5.74) is 0. The Kier molecular flexibility index (Phi) is 38.8. The van der Waals surface area contributed by atoms with Gasteiger partial charge in [0.2, 0.25) is 5.91 Å². The lowest BCUT2D eigenvalue weighted by Gasteiger charge is -2.29. The summed E-state index contributed by atoms with van der Waals surface area (Å²) in [4.78, 5) is 25.3. The number of phosphoric ester groups is 1.